The highest BCUT2D eigenvalue weighted by Crippen LogP contribution is 2.46. The van der Waals surface area contributed by atoms with E-state index in [9.17, 15) is 0 Å². The minimum atomic E-state index is -0.0834. The highest BCUT2D eigenvalue weighted by atomic mass is 15.0. The number of hydrogen-bond donors (Lipinski definition) is 0. The maximum Gasteiger partial charge on any atom is 0.0619 e. The van der Waals surface area contributed by atoms with E-state index in [1.54, 1.807) is 0 Å². The van der Waals surface area contributed by atoms with Gasteiger partial charge in [-0.15, -0.1) is 0 Å². The zero-order valence-electron chi connectivity index (χ0n) is 51.4. The van der Waals surface area contributed by atoms with Gasteiger partial charge in [-0.05, 0) is 112 Å². The van der Waals surface area contributed by atoms with Crippen LogP contribution >= 0.6 is 0 Å². The van der Waals surface area contributed by atoms with Gasteiger partial charge in [0, 0.05) is 38.4 Å². The second kappa shape index (κ2) is 20.3. The van der Waals surface area contributed by atoms with Gasteiger partial charge in [0.15, 0.2) is 0 Å². The molecule has 0 bridgehead atoms. The van der Waals surface area contributed by atoms with Crippen LogP contribution < -0.4 is 0 Å². The van der Waals surface area contributed by atoms with E-state index in [2.05, 4.69) is 328 Å². The van der Waals surface area contributed by atoms with Crippen molar-refractivity contribution in [2.24, 2.45) is 0 Å². The molecule has 11 rings (SSSR count). The fourth-order valence-electron chi connectivity index (χ4n) is 12.0. The monoisotopic (exact) mass is 1050 g/mol. The predicted octanol–water partition coefficient (Wildman–Crippen LogP) is 22.4. The molecule has 11 aromatic rings. The molecule has 0 saturated carbocycles. The highest BCUT2D eigenvalue weighted by molar-refractivity contribution is 6.15. The molecule has 0 atom stereocenters. The number of para-hydroxylation sites is 5. The fourth-order valence-corrected chi connectivity index (χ4v) is 12.0. The van der Waals surface area contributed by atoms with Gasteiger partial charge in [-0.3, -0.25) is 0 Å². The Hall–Kier alpha value is -7.42. The summed E-state index contributed by atoms with van der Waals surface area (Å²) < 4.78 is 5.06. The van der Waals surface area contributed by atoms with Crippen LogP contribution in [0.15, 0.2) is 194 Å². The number of rotatable bonds is 5. The van der Waals surface area contributed by atoms with Gasteiger partial charge in [0.25, 0.3) is 0 Å². The van der Waals surface area contributed by atoms with Gasteiger partial charge in [-0.2, -0.15) is 0 Å². The van der Waals surface area contributed by atoms with Crippen molar-refractivity contribution in [2.75, 3.05) is 0 Å². The number of nitrogens with zero attached hydrogens (tertiary/aromatic N) is 2. The average Bonchev–Trinajstić information content (AvgIpc) is 4.15. The third kappa shape index (κ3) is 10.6. The Kier molecular flexibility index (Phi) is 14.2. The van der Waals surface area contributed by atoms with E-state index in [4.69, 9.17) is 0 Å². The van der Waals surface area contributed by atoms with Crippen LogP contribution in [0, 0.1) is 0 Å². The Morgan fingerprint density at radius 1 is 0.250 bits per heavy atom. The molecule has 0 amide bonds. The van der Waals surface area contributed by atoms with Crippen molar-refractivity contribution in [3.05, 3.63) is 228 Å². The molecule has 0 aliphatic carbocycles. The summed E-state index contributed by atoms with van der Waals surface area (Å²) in [6, 6.07) is 72.6. The van der Waals surface area contributed by atoms with Gasteiger partial charge in [-0.1, -0.05) is 294 Å². The molecule has 0 spiro atoms. The molecular weight excluding hydrogens is 965 g/mol. The molecule has 9 aromatic carbocycles. The predicted molar refractivity (Wildman–Crippen MR) is 350 cm³/mol. The van der Waals surface area contributed by atoms with Crippen molar-refractivity contribution in [3.8, 4) is 44.8 Å². The molecule has 2 aromatic heterocycles. The second-order valence-electron chi connectivity index (χ2n) is 28.8. The molecule has 2 heteroatoms. The third-order valence-electron chi connectivity index (χ3n) is 16.4. The van der Waals surface area contributed by atoms with Crippen LogP contribution in [0.4, 0.5) is 0 Å². The summed E-state index contributed by atoms with van der Waals surface area (Å²) in [5, 5.41) is 5.17. The summed E-state index contributed by atoms with van der Waals surface area (Å²) in [6.45, 7) is 41.8. The van der Waals surface area contributed by atoms with Crippen molar-refractivity contribution >= 4 is 43.6 Å². The van der Waals surface area contributed by atoms with E-state index in [0.717, 1.165) is 0 Å². The minimum absolute atomic E-state index is 0.0226. The normalized spacial score (nSPS) is 12.9. The average molecular weight is 1050 g/mol. The molecular formula is C78H86N2. The lowest BCUT2D eigenvalue weighted by Crippen LogP contribution is -2.17. The Bertz CT molecular complexity index is 4020. The van der Waals surface area contributed by atoms with Crippen molar-refractivity contribution in [2.45, 2.75) is 157 Å². The summed E-state index contributed by atoms with van der Waals surface area (Å²) in [5.41, 5.74) is 23.6. The topological polar surface area (TPSA) is 9.86 Å². The molecule has 2 nitrogen and oxygen atoms in total. The van der Waals surface area contributed by atoms with Crippen LogP contribution in [0.2, 0.25) is 0 Å². The summed E-state index contributed by atoms with van der Waals surface area (Å²) in [4.78, 5) is 0. The highest BCUT2D eigenvalue weighted by Gasteiger charge is 2.29. The smallest absolute Gasteiger partial charge is 0.0619 e. The maximum absolute atomic E-state index is 2.55. The summed E-state index contributed by atoms with van der Waals surface area (Å²) in [6.07, 6.45) is 0. The second-order valence-corrected chi connectivity index (χ2v) is 28.8. The Morgan fingerprint density at radius 3 is 1.02 bits per heavy atom. The molecule has 0 saturated heterocycles. The van der Waals surface area contributed by atoms with Crippen LogP contribution in [-0.4, -0.2) is 9.13 Å². The molecule has 2 heterocycles. The van der Waals surface area contributed by atoms with E-state index in [1.165, 1.54) is 122 Å². The Balaban J connectivity index is 0.000000182. The van der Waals surface area contributed by atoms with Gasteiger partial charge in [-0.25, -0.2) is 0 Å². The number of hydrogen-bond acceptors (Lipinski definition) is 0. The minimum Gasteiger partial charge on any atom is -0.308 e. The molecule has 0 N–H and O–H groups in total. The van der Waals surface area contributed by atoms with Gasteiger partial charge >= 0.3 is 0 Å². The van der Waals surface area contributed by atoms with Crippen molar-refractivity contribution in [1.29, 1.82) is 0 Å². The maximum atomic E-state index is 2.55. The van der Waals surface area contributed by atoms with Crippen molar-refractivity contribution in [3.63, 3.8) is 0 Å². The third-order valence-corrected chi connectivity index (χ3v) is 16.4. The van der Waals surface area contributed by atoms with Gasteiger partial charge < -0.3 is 9.13 Å². The van der Waals surface area contributed by atoms with Gasteiger partial charge in [0.05, 0.1) is 27.8 Å². The molecule has 0 unspecified atom stereocenters. The van der Waals surface area contributed by atoms with Crippen LogP contribution in [0.5, 0.6) is 0 Å². The lowest BCUT2D eigenvalue weighted by Gasteiger charge is -2.28. The first kappa shape index (κ1) is 55.9. The van der Waals surface area contributed by atoms with Crippen LogP contribution in [0.1, 0.15) is 158 Å². The van der Waals surface area contributed by atoms with Crippen molar-refractivity contribution in [1.82, 2.24) is 9.13 Å². The first-order valence-electron chi connectivity index (χ1n) is 29.2. The standard InChI is InChI=1S/C42H45N.C36H41N/c1-40(2,3)30-25-29(26-31(27-30)41(4,5)6)33-21-15-22-35-34-19-13-14-23-36(34)43(39(33)35)37-24-16-20-32(38(37)42(7,8)9)28-17-11-10-12-18-28;1-34(2,3)25-21-24(22-26(23-25)35(4,5)6)27-16-14-17-29-28-15-10-12-19-31(28)37(33(27)29)32-20-13-11-18-30(32)36(7,8)9/h10-27H,1-9H3;10-23H,1-9H3. The Morgan fingerprint density at radius 2 is 0.600 bits per heavy atom. The molecule has 0 radical (unpaired) electrons. The first-order chi connectivity index (χ1) is 37.5. The lowest BCUT2D eigenvalue weighted by molar-refractivity contribution is 0.568. The summed E-state index contributed by atoms with van der Waals surface area (Å²) >= 11 is 0. The molecule has 408 valence electrons. The first-order valence-corrected chi connectivity index (χ1v) is 29.2. The molecule has 0 aliphatic rings. The number of benzene rings is 9. The van der Waals surface area contributed by atoms with E-state index in [-0.39, 0.29) is 32.5 Å². The quantitative estimate of drug-likeness (QED) is 0.163. The molecule has 0 aliphatic heterocycles. The SMILES string of the molecule is CC(C)(C)c1cc(-c2cccc3c4ccccc4n(-c4cccc(-c5ccccc5)c4C(C)(C)C)c23)cc(C(C)(C)C)c1.CC(C)(C)c1cc(-c2cccc3c4ccccc4n(-c4ccccc4C(C)(C)C)c23)cc(C(C)(C)C)c1. The van der Waals surface area contributed by atoms with Crippen molar-refractivity contribution < 1.29 is 0 Å². The molecule has 80 heavy (non-hydrogen) atoms. The van der Waals surface area contributed by atoms with Crippen LogP contribution in [-0.2, 0) is 32.5 Å². The van der Waals surface area contributed by atoms with Crippen LogP contribution in [0.25, 0.3) is 88.4 Å². The lowest BCUT2D eigenvalue weighted by atomic mass is 9.78. The van der Waals surface area contributed by atoms with Crippen LogP contribution in [0.3, 0.4) is 0 Å². The van der Waals surface area contributed by atoms with E-state index in [1.807, 2.05) is 0 Å². The van der Waals surface area contributed by atoms with E-state index in [0.29, 0.717) is 0 Å². The van der Waals surface area contributed by atoms with Gasteiger partial charge in [0.1, 0.15) is 0 Å². The zero-order valence-corrected chi connectivity index (χ0v) is 51.4. The summed E-state index contributed by atoms with van der Waals surface area (Å²) in [7, 11) is 0. The van der Waals surface area contributed by atoms with Gasteiger partial charge in [0.2, 0.25) is 0 Å². The largest absolute Gasteiger partial charge is 0.308 e. The number of fused-ring (bicyclic) bond motifs is 6. The van der Waals surface area contributed by atoms with E-state index >= 15 is 0 Å². The summed E-state index contributed by atoms with van der Waals surface area (Å²) in [5.74, 6) is 0. The zero-order chi connectivity index (χ0) is 57.5. The molecule has 0 fully saturated rings. The fraction of sp³-hybridized carbons (Fsp3) is 0.308. The Labute approximate surface area is 479 Å². The van der Waals surface area contributed by atoms with E-state index < -0.39 is 0 Å². The number of aromatic nitrogens is 2.